The average Bonchev–Trinajstić information content (AvgIpc) is 2.02. The largest absolute Gasteiger partial charge is 0.549 e. The number of esters is 1. The molecule has 0 saturated heterocycles. The van der Waals surface area contributed by atoms with Crippen LogP contribution in [-0.4, -0.2) is 27.1 Å². The molecular formula is C8H15O4PSi. The lowest BCUT2D eigenvalue weighted by molar-refractivity contribution is -0.137. The van der Waals surface area contributed by atoms with Gasteiger partial charge in [-0.05, 0) is 19.6 Å². The van der Waals surface area contributed by atoms with Gasteiger partial charge in [-0.3, -0.25) is 4.57 Å². The van der Waals surface area contributed by atoms with Crippen molar-refractivity contribution >= 4 is 22.7 Å². The Bertz CT molecular complexity index is 222. The Labute approximate surface area is 86.6 Å². The second-order valence-electron chi connectivity index (χ2n) is 3.55. The lowest BCUT2D eigenvalue weighted by Crippen LogP contribution is -2.22. The van der Waals surface area contributed by atoms with Crippen LogP contribution in [0.4, 0.5) is 0 Å². The summed E-state index contributed by atoms with van der Waals surface area (Å²) in [5, 5.41) is 0. The topological polar surface area (TPSA) is 52.6 Å². The van der Waals surface area contributed by atoms with Gasteiger partial charge in [0, 0.05) is 0 Å². The van der Waals surface area contributed by atoms with E-state index in [4.69, 9.17) is 9.16 Å². The van der Waals surface area contributed by atoms with Crippen LogP contribution >= 0.6 is 8.46 Å². The van der Waals surface area contributed by atoms with Gasteiger partial charge in [-0.2, -0.15) is 0 Å². The van der Waals surface area contributed by atoms with Crippen molar-refractivity contribution in [1.82, 2.24) is 0 Å². The average molecular weight is 234 g/mol. The van der Waals surface area contributed by atoms with E-state index in [-0.39, 0.29) is 15.1 Å². The van der Waals surface area contributed by atoms with Crippen LogP contribution in [0.25, 0.3) is 0 Å². The highest BCUT2D eigenvalue weighted by Gasteiger charge is 2.13. The Morgan fingerprint density at radius 3 is 2.57 bits per heavy atom. The third-order valence-electron chi connectivity index (χ3n) is 1.05. The second kappa shape index (κ2) is 6.73. The van der Waals surface area contributed by atoms with E-state index in [0.717, 1.165) is 0 Å². The molecule has 0 aromatic carbocycles. The van der Waals surface area contributed by atoms with Crippen LogP contribution in [0.1, 0.15) is 0 Å². The van der Waals surface area contributed by atoms with Crippen LogP contribution in [0.2, 0.25) is 19.6 Å². The van der Waals surface area contributed by atoms with Crippen LogP contribution in [0, 0.1) is 0 Å². The van der Waals surface area contributed by atoms with Gasteiger partial charge in [-0.25, -0.2) is 4.79 Å². The molecule has 80 valence electrons. The SMILES string of the molecule is C[Si](C)(C)OC=CC(=O)OCCP=O. The zero-order chi connectivity index (χ0) is 11.0. The summed E-state index contributed by atoms with van der Waals surface area (Å²) in [6, 6.07) is 0. The molecule has 0 saturated carbocycles. The summed E-state index contributed by atoms with van der Waals surface area (Å²) in [7, 11) is -1.62. The monoisotopic (exact) mass is 234 g/mol. The standard InChI is InChI=1S/C8H15O4PSi/c1-14(2,3)12-5-4-8(9)11-6-7-13-10/h4-5H,6-7H2,1-3H3. The number of carbonyl (C=O) groups excluding carboxylic acids is 1. The second-order valence-corrected chi connectivity index (χ2v) is 8.72. The zero-order valence-corrected chi connectivity index (χ0v) is 10.5. The maximum Gasteiger partial charge on any atom is 0.333 e. The normalized spacial score (nSPS) is 11.9. The summed E-state index contributed by atoms with van der Waals surface area (Å²) in [6.45, 7) is 6.21. The molecule has 0 radical (unpaired) electrons. The minimum absolute atomic E-state index is 0.0146. The summed E-state index contributed by atoms with van der Waals surface area (Å²) in [6.07, 6.45) is 2.93. The molecule has 0 aliphatic heterocycles. The van der Waals surface area contributed by atoms with Crippen molar-refractivity contribution in [3.63, 3.8) is 0 Å². The molecule has 0 aromatic heterocycles. The van der Waals surface area contributed by atoms with Gasteiger partial charge in [0.2, 0.25) is 8.32 Å². The Hall–Kier alpha value is -0.673. The predicted molar refractivity (Wildman–Crippen MR) is 57.0 cm³/mol. The molecule has 0 aliphatic rings. The molecule has 6 heteroatoms. The number of ether oxygens (including phenoxy) is 1. The van der Waals surface area contributed by atoms with E-state index >= 15 is 0 Å². The van der Waals surface area contributed by atoms with E-state index in [1.54, 1.807) is 0 Å². The molecule has 0 aliphatic carbocycles. The maximum absolute atomic E-state index is 10.9. The molecule has 0 spiro atoms. The van der Waals surface area contributed by atoms with Gasteiger partial charge in [0.25, 0.3) is 0 Å². The van der Waals surface area contributed by atoms with Crippen molar-refractivity contribution in [3.8, 4) is 0 Å². The molecule has 4 nitrogen and oxygen atoms in total. The lowest BCUT2D eigenvalue weighted by atomic mass is 10.6. The number of carbonyl (C=O) groups is 1. The van der Waals surface area contributed by atoms with E-state index in [1.807, 2.05) is 19.6 Å². The number of hydrogen-bond acceptors (Lipinski definition) is 4. The Morgan fingerprint density at radius 2 is 2.07 bits per heavy atom. The van der Waals surface area contributed by atoms with Crippen molar-refractivity contribution in [3.05, 3.63) is 12.3 Å². The third kappa shape index (κ3) is 9.42. The summed E-state index contributed by atoms with van der Waals surface area (Å²) in [4.78, 5) is 10.9. The minimum atomic E-state index is -1.61. The van der Waals surface area contributed by atoms with Crippen molar-refractivity contribution in [1.29, 1.82) is 0 Å². The zero-order valence-electron chi connectivity index (χ0n) is 8.65. The van der Waals surface area contributed by atoms with Gasteiger partial charge in [0.15, 0.2) is 8.46 Å². The van der Waals surface area contributed by atoms with E-state index in [9.17, 15) is 9.36 Å². The number of rotatable bonds is 6. The first-order valence-corrected chi connectivity index (χ1v) is 8.66. The quantitative estimate of drug-likeness (QED) is 0.176. The highest BCUT2D eigenvalue weighted by atomic mass is 31.1. The van der Waals surface area contributed by atoms with Gasteiger partial charge < -0.3 is 9.16 Å². The van der Waals surface area contributed by atoms with Crippen LogP contribution in [0.15, 0.2) is 12.3 Å². The molecule has 14 heavy (non-hydrogen) atoms. The summed E-state index contributed by atoms with van der Waals surface area (Å²) < 4.78 is 20.0. The Kier molecular flexibility index (Phi) is 6.41. The highest BCUT2D eigenvalue weighted by Crippen LogP contribution is 2.02. The first kappa shape index (κ1) is 13.3. The van der Waals surface area contributed by atoms with Crippen molar-refractivity contribution in [2.75, 3.05) is 12.8 Å². The van der Waals surface area contributed by atoms with Gasteiger partial charge in [-0.15, -0.1) is 0 Å². The fraction of sp³-hybridized carbons (Fsp3) is 0.625. The van der Waals surface area contributed by atoms with Crippen LogP contribution in [-0.2, 0) is 18.5 Å². The van der Waals surface area contributed by atoms with Crippen molar-refractivity contribution < 1.29 is 18.5 Å². The van der Waals surface area contributed by atoms with Gasteiger partial charge >= 0.3 is 5.97 Å². The molecule has 0 aromatic rings. The van der Waals surface area contributed by atoms with Crippen LogP contribution in [0.3, 0.4) is 0 Å². The molecule has 0 fully saturated rings. The predicted octanol–water partition coefficient (Wildman–Crippen LogP) is 2.19. The van der Waals surface area contributed by atoms with Crippen LogP contribution < -0.4 is 0 Å². The molecule has 0 atom stereocenters. The molecular weight excluding hydrogens is 219 g/mol. The highest BCUT2D eigenvalue weighted by molar-refractivity contribution is 7.23. The lowest BCUT2D eigenvalue weighted by Gasteiger charge is -2.14. The van der Waals surface area contributed by atoms with Gasteiger partial charge in [0.1, 0.15) is 6.61 Å². The molecule has 0 N–H and O–H groups in total. The summed E-state index contributed by atoms with van der Waals surface area (Å²) in [5.41, 5.74) is 0. The van der Waals surface area contributed by atoms with Crippen LogP contribution in [0.5, 0.6) is 0 Å². The molecule has 0 unspecified atom stereocenters. The molecule has 0 heterocycles. The van der Waals surface area contributed by atoms with E-state index in [0.29, 0.717) is 6.16 Å². The third-order valence-corrected chi connectivity index (χ3v) is 2.26. The minimum Gasteiger partial charge on any atom is -0.549 e. The summed E-state index contributed by atoms with van der Waals surface area (Å²) in [5.74, 6) is -0.466. The Balaban J connectivity index is 3.66. The van der Waals surface area contributed by atoms with Gasteiger partial charge in [-0.1, -0.05) is 0 Å². The first-order valence-electron chi connectivity index (χ1n) is 4.26. The van der Waals surface area contributed by atoms with Crippen molar-refractivity contribution in [2.45, 2.75) is 19.6 Å². The number of hydrogen-bond donors (Lipinski definition) is 0. The molecule has 0 bridgehead atoms. The van der Waals surface area contributed by atoms with E-state index in [2.05, 4.69) is 0 Å². The first-order chi connectivity index (χ1) is 6.45. The van der Waals surface area contributed by atoms with E-state index in [1.165, 1.54) is 12.3 Å². The summed E-state index contributed by atoms with van der Waals surface area (Å²) >= 11 is 0. The molecule has 0 rings (SSSR count). The van der Waals surface area contributed by atoms with Gasteiger partial charge in [0.05, 0.1) is 18.5 Å². The van der Waals surface area contributed by atoms with Crippen molar-refractivity contribution in [2.24, 2.45) is 0 Å². The fourth-order valence-electron chi connectivity index (χ4n) is 0.525. The van der Waals surface area contributed by atoms with E-state index < -0.39 is 14.3 Å². The Morgan fingerprint density at radius 1 is 1.43 bits per heavy atom. The smallest absolute Gasteiger partial charge is 0.333 e. The molecule has 0 amide bonds. The maximum atomic E-state index is 10.9. The fourth-order valence-corrected chi connectivity index (χ4v) is 1.17.